The molecule has 1 amide bonds. The smallest absolute Gasteiger partial charge is 0.331 e. The summed E-state index contributed by atoms with van der Waals surface area (Å²) >= 11 is 0. The molecular formula is C13H21N3O4. The van der Waals surface area contributed by atoms with Gasteiger partial charge >= 0.3 is 5.69 Å². The number of aliphatic hydroxyl groups is 1. The van der Waals surface area contributed by atoms with Gasteiger partial charge in [0, 0.05) is 19.3 Å². The van der Waals surface area contributed by atoms with Gasteiger partial charge in [-0.25, -0.2) is 4.79 Å². The average molecular weight is 283 g/mol. The zero-order valence-electron chi connectivity index (χ0n) is 12.0. The van der Waals surface area contributed by atoms with E-state index in [-0.39, 0.29) is 19.1 Å². The monoisotopic (exact) mass is 283 g/mol. The van der Waals surface area contributed by atoms with Crippen LogP contribution in [-0.4, -0.2) is 32.3 Å². The number of nitrogens with zero attached hydrogens (tertiary/aromatic N) is 2. The molecule has 0 radical (unpaired) electrons. The van der Waals surface area contributed by atoms with Crippen LogP contribution in [0.15, 0.2) is 21.9 Å². The molecule has 0 spiro atoms. The van der Waals surface area contributed by atoms with Gasteiger partial charge in [-0.2, -0.15) is 0 Å². The van der Waals surface area contributed by atoms with Gasteiger partial charge in [0.2, 0.25) is 5.91 Å². The Hall–Kier alpha value is -1.89. The molecule has 7 nitrogen and oxygen atoms in total. The fraction of sp³-hybridized carbons (Fsp3) is 0.615. The third-order valence-corrected chi connectivity index (χ3v) is 3.64. The molecule has 1 heterocycles. The van der Waals surface area contributed by atoms with Gasteiger partial charge in [0.15, 0.2) is 0 Å². The minimum Gasteiger partial charge on any atom is -0.394 e. The van der Waals surface area contributed by atoms with E-state index in [9.17, 15) is 19.5 Å². The van der Waals surface area contributed by atoms with E-state index in [0.717, 1.165) is 9.13 Å². The number of hydrogen-bond acceptors (Lipinski definition) is 4. The van der Waals surface area contributed by atoms with Crippen molar-refractivity contribution in [1.82, 2.24) is 14.5 Å². The fourth-order valence-electron chi connectivity index (χ4n) is 1.92. The van der Waals surface area contributed by atoms with Gasteiger partial charge in [0.25, 0.3) is 5.56 Å². The van der Waals surface area contributed by atoms with Crippen LogP contribution >= 0.6 is 0 Å². The molecular weight excluding hydrogens is 262 g/mol. The van der Waals surface area contributed by atoms with Crippen molar-refractivity contribution in [3.63, 3.8) is 0 Å². The SMILES string of the molecule is CCC(CC)(CO)NC(=O)Cn1ccc(=O)n(C)c1=O. The number of hydrogen-bond donors (Lipinski definition) is 2. The van der Waals surface area contributed by atoms with Crippen molar-refractivity contribution in [3.8, 4) is 0 Å². The zero-order chi connectivity index (χ0) is 15.3. The molecule has 2 N–H and O–H groups in total. The summed E-state index contributed by atoms with van der Waals surface area (Å²) in [5.74, 6) is -0.372. The predicted octanol–water partition coefficient (Wildman–Crippen LogP) is -0.786. The van der Waals surface area contributed by atoms with Gasteiger partial charge < -0.3 is 10.4 Å². The third kappa shape index (κ3) is 3.36. The largest absolute Gasteiger partial charge is 0.394 e. The number of aromatic nitrogens is 2. The van der Waals surface area contributed by atoms with Crippen molar-refractivity contribution >= 4 is 5.91 Å². The molecule has 0 bridgehead atoms. The average Bonchev–Trinajstić information content (AvgIpc) is 2.45. The first-order valence-electron chi connectivity index (χ1n) is 6.57. The Morgan fingerprint density at radius 3 is 2.45 bits per heavy atom. The summed E-state index contributed by atoms with van der Waals surface area (Å²) < 4.78 is 2.09. The highest BCUT2D eigenvalue weighted by atomic mass is 16.3. The standard InChI is InChI=1S/C13H21N3O4/c1-4-13(5-2,9-17)14-10(18)8-16-7-6-11(19)15(3)12(16)20/h6-7,17H,4-5,8-9H2,1-3H3,(H,14,18). The molecule has 0 fully saturated rings. The van der Waals surface area contributed by atoms with Crippen LogP contribution in [0.5, 0.6) is 0 Å². The lowest BCUT2D eigenvalue weighted by molar-refractivity contribution is -0.124. The Balaban J connectivity index is 2.90. The molecule has 0 atom stereocenters. The van der Waals surface area contributed by atoms with E-state index in [0.29, 0.717) is 12.8 Å². The number of rotatable bonds is 6. The fourth-order valence-corrected chi connectivity index (χ4v) is 1.92. The maximum absolute atomic E-state index is 12.0. The minimum absolute atomic E-state index is 0.159. The zero-order valence-corrected chi connectivity index (χ0v) is 12.0. The van der Waals surface area contributed by atoms with Gasteiger partial charge in [-0.15, -0.1) is 0 Å². The van der Waals surface area contributed by atoms with Gasteiger partial charge in [0.1, 0.15) is 6.54 Å². The Morgan fingerprint density at radius 1 is 1.35 bits per heavy atom. The number of aliphatic hydroxyl groups excluding tert-OH is 1. The lowest BCUT2D eigenvalue weighted by atomic mass is 9.94. The molecule has 1 aromatic rings. The van der Waals surface area contributed by atoms with Crippen molar-refractivity contribution in [2.24, 2.45) is 7.05 Å². The molecule has 20 heavy (non-hydrogen) atoms. The molecule has 0 saturated heterocycles. The Kier molecular flexibility index (Phi) is 5.26. The summed E-state index contributed by atoms with van der Waals surface area (Å²) in [7, 11) is 1.36. The van der Waals surface area contributed by atoms with E-state index in [2.05, 4.69) is 5.32 Å². The van der Waals surface area contributed by atoms with Gasteiger partial charge in [-0.1, -0.05) is 13.8 Å². The van der Waals surface area contributed by atoms with Crippen molar-refractivity contribution in [2.75, 3.05) is 6.61 Å². The van der Waals surface area contributed by atoms with Crippen molar-refractivity contribution in [3.05, 3.63) is 33.1 Å². The van der Waals surface area contributed by atoms with Crippen molar-refractivity contribution in [1.29, 1.82) is 0 Å². The van der Waals surface area contributed by atoms with E-state index in [1.165, 1.54) is 19.3 Å². The summed E-state index contributed by atoms with van der Waals surface area (Å²) in [6, 6.07) is 1.23. The van der Waals surface area contributed by atoms with E-state index >= 15 is 0 Å². The number of carbonyl (C=O) groups excluding carboxylic acids is 1. The van der Waals surface area contributed by atoms with E-state index < -0.39 is 16.8 Å². The molecule has 0 unspecified atom stereocenters. The normalized spacial score (nSPS) is 11.4. The quantitative estimate of drug-likeness (QED) is 0.716. The second kappa shape index (κ2) is 6.51. The second-order valence-corrected chi connectivity index (χ2v) is 4.82. The Labute approximate surface area is 116 Å². The Morgan fingerprint density at radius 2 is 1.95 bits per heavy atom. The third-order valence-electron chi connectivity index (χ3n) is 3.64. The summed E-state index contributed by atoms with van der Waals surface area (Å²) in [4.78, 5) is 35.0. The lowest BCUT2D eigenvalue weighted by Crippen LogP contribution is -2.52. The predicted molar refractivity (Wildman–Crippen MR) is 74.5 cm³/mol. The van der Waals surface area contributed by atoms with Crippen LogP contribution in [0.25, 0.3) is 0 Å². The molecule has 0 aliphatic rings. The number of carbonyl (C=O) groups is 1. The van der Waals surface area contributed by atoms with Crippen LogP contribution in [0.4, 0.5) is 0 Å². The van der Waals surface area contributed by atoms with E-state index in [1.807, 2.05) is 13.8 Å². The summed E-state index contributed by atoms with van der Waals surface area (Å²) in [6.45, 7) is 3.40. The van der Waals surface area contributed by atoms with Crippen LogP contribution in [0.2, 0.25) is 0 Å². The summed E-state index contributed by atoms with van der Waals surface area (Å²) in [6.07, 6.45) is 2.48. The molecule has 1 aromatic heterocycles. The minimum atomic E-state index is -0.665. The van der Waals surface area contributed by atoms with Crippen molar-refractivity contribution < 1.29 is 9.90 Å². The van der Waals surface area contributed by atoms with E-state index in [4.69, 9.17) is 0 Å². The topological polar surface area (TPSA) is 93.3 Å². The summed E-state index contributed by atoms with van der Waals surface area (Å²) in [5, 5.41) is 12.2. The highest BCUT2D eigenvalue weighted by molar-refractivity contribution is 5.76. The lowest BCUT2D eigenvalue weighted by Gasteiger charge is -2.30. The highest BCUT2D eigenvalue weighted by Crippen LogP contribution is 2.13. The van der Waals surface area contributed by atoms with Crippen LogP contribution in [0.1, 0.15) is 26.7 Å². The van der Waals surface area contributed by atoms with Gasteiger partial charge in [-0.05, 0) is 12.8 Å². The first-order valence-corrected chi connectivity index (χ1v) is 6.57. The molecule has 7 heteroatoms. The molecule has 0 aromatic carbocycles. The maximum Gasteiger partial charge on any atom is 0.331 e. The Bertz CT molecular complexity index is 576. The number of amides is 1. The van der Waals surface area contributed by atoms with Gasteiger partial charge in [-0.3, -0.25) is 18.7 Å². The van der Waals surface area contributed by atoms with E-state index in [1.54, 1.807) is 0 Å². The molecule has 0 aliphatic carbocycles. The second-order valence-electron chi connectivity index (χ2n) is 4.82. The van der Waals surface area contributed by atoms with Crippen LogP contribution in [-0.2, 0) is 18.4 Å². The molecule has 0 saturated carbocycles. The molecule has 0 aliphatic heterocycles. The van der Waals surface area contributed by atoms with Crippen molar-refractivity contribution in [2.45, 2.75) is 38.8 Å². The molecule has 1 rings (SSSR count). The van der Waals surface area contributed by atoms with Crippen LogP contribution < -0.4 is 16.6 Å². The first-order chi connectivity index (χ1) is 9.39. The van der Waals surface area contributed by atoms with Crippen LogP contribution in [0, 0.1) is 0 Å². The first kappa shape index (κ1) is 16.2. The van der Waals surface area contributed by atoms with Crippen LogP contribution in [0.3, 0.4) is 0 Å². The maximum atomic E-state index is 12.0. The summed E-state index contributed by atoms with van der Waals surface area (Å²) in [5.41, 5.74) is -1.63. The molecule has 112 valence electrons. The number of nitrogens with one attached hydrogen (secondary N) is 1. The highest BCUT2D eigenvalue weighted by Gasteiger charge is 2.27. The van der Waals surface area contributed by atoms with Gasteiger partial charge in [0.05, 0.1) is 12.1 Å².